The van der Waals surface area contributed by atoms with Crippen LogP contribution in [0, 0.1) is 6.92 Å². The first-order chi connectivity index (χ1) is 13.1. The summed E-state index contributed by atoms with van der Waals surface area (Å²) in [6.45, 7) is -0.916. The molecule has 3 nitrogen and oxygen atoms in total. The molecule has 0 bridgehead atoms. The number of aromatic nitrogens is 2. The van der Waals surface area contributed by atoms with Gasteiger partial charge in [0.25, 0.3) is 0 Å². The van der Waals surface area contributed by atoms with Crippen molar-refractivity contribution in [2.45, 2.75) is 20.0 Å². The SMILES string of the molecule is Cc1nc2ccc(-c3ccccc3)cn2c1Cc1ccccc1OC(F)F. The number of ether oxygens (including phenoxy) is 1. The zero-order valence-electron chi connectivity index (χ0n) is 14.8. The largest absolute Gasteiger partial charge is 0.435 e. The van der Waals surface area contributed by atoms with Gasteiger partial charge in [-0.3, -0.25) is 0 Å². The Bertz CT molecular complexity index is 1070. The van der Waals surface area contributed by atoms with Gasteiger partial charge >= 0.3 is 6.61 Å². The maximum atomic E-state index is 12.7. The molecule has 2 heterocycles. The van der Waals surface area contributed by atoms with Crippen LogP contribution in [0.1, 0.15) is 17.0 Å². The molecule has 0 fully saturated rings. The predicted octanol–water partition coefficient (Wildman–Crippen LogP) is 5.50. The average Bonchev–Trinajstić information content (AvgIpc) is 2.98. The lowest BCUT2D eigenvalue weighted by atomic mass is 10.1. The second-order valence-corrected chi connectivity index (χ2v) is 6.32. The Morgan fingerprint density at radius 2 is 1.67 bits per heavy atom. The van der Waals surface area contributed by atoms with Gasteiger partial charge in [0.05, 0.1) is 5.69 Å². The van der Waals surface area contributed by atoms with Crippen LogP contribution < -0.4 is 4.74 Å². The highest BCUT2D eigenvalue weighted by atomic mass is 19.3. The quantitative estimate of drug-likeness (QED) is 0.467. The molecular formula is C22H18F2N2O. The van der Waals surface area contributed by atoms with Crippen molar-refractivity contribution in [1.82, 2.24) is 9.38 Å². The number of imidazole rings is 1. The zero-order chi connectivity index (χ0) is 18.8. The second kappa shape index (κ2) is 7.19. The number of hydrogen-bond acceptors (Lipinski definition) is 2. The van der Waals surface area contributed by atoms with E-state index >= 15 is 0 Å². The van der Waals surface area contributed by atoms with E-state index in [9.17, 15) is 8.78 Å². The van der Waals surface area contributed by atoms with Crippen LogP contribution >= 0.6 is 0 Å². The summed E-state index contributed by atoms with van der Waals surface area (Å²) in [4.78, 5) is 4.61. The first-order valence-electron chi connectivity index (χ1n) is 8.67. The first kappa shape index (κ1) is 17.2. The molecule has 0 saturated heterocycles. The maximum absolute atomic E-state index is 12.7. The van der Waals surface area contributed by atoms with Crippen molar-refractivity contribution in [3.63, 3.8) is 0 Å². The van der Waals surface area contributed by atoms with Crippen LogP contribution in [0.5, 0.6) is 5.75 Å². The van der Waals surface area contributed by atoms with E-state index < -0.39 is 6.61 Å². The molecule has 0 amide bonds. The number of rotatable bonds is 5. The Labute approximate surface area is 155 Å². The first-order valence-corrected chi connectivity index (χ1v) is 8.67. The highest BCUT2D eigenvalue weighted by Gasteiger charge is 2.15. The molecule has 0 saturated carbocycles. The van der Waals surface area contributed by atoms with Gasteiger partial charge < -0.3 is 9.14 Å². The van der Waals surface area contributed by atoms with E-state index in [1.807, 2.05) is 53.9 Å². The molecule has 0 aliphatic rings. The lowest BCUT2D eigenvalue weighted by Gasteiger charge is -2.11. The third-order valence-corrected chi connectivity index (χ3v) is 4.57. The summed E-state index contributed by atoms with van der Waals surface area (Å²) in [7, 11) is 0. The van der Waals surface area contributed by atoms with E-state index in [0.717, 1.165) is 28.2 Å². The fraction of sp³-hybridized carbons (Fsp3) is 0.136. The monoisotopic (exact) mass is 364 g/mol. The minimum absolute atomic E-state index is 0.195. The minimum atomic E-state index is -2.85. The normalized spacial score (nSPS) is 11.3. The summed E-state index contributed by atoms with van der Waals surface area (Å²) in [6.07, 6.45) is 2.49. The van der Waals surface area contributed by atoms with Gasteiger partial charge in [0.2, 0.25) is 0 Å². The molecule has 5 heteroatoms. The van der Waals surface area contributed by atoms with E-state index in [-0.39, 0.29) is 5.75 Å². The summed E-state index contributed by atoms with van der Waals surface area (Å²) >= 11 is 0. The number of aryl methyl sites for hydroxylation is 1. The average molecular weight is 364 g/mol. The summed E-state index contributed by atoms with van der Waals surface area (Å²) in [5, 5.41) is 0. The number of pyridine rings is 1. The Morgan fingerprint density at radius 3 is 2.44 bits per heavy atom. The molecule has 0 unspecified atom stereocenters. The van der Waals surface area contributed by atoms with Gasteiger partial charge in [-0.25, -0.2) is 4.98 Å². The van der Waals surface area contributed by atoms with Gasteiger partial charge in [-0.2, -0.15) is 8.78 Å². The van der Waals surface area contributed by atoms with Gasteiger partial charge in [-0.15, -0.1) is 0 Å². The highest BCUT2D eigenvalue weighted by Crippen LogP contribution is 2.27. The van der Waals surface area contributed by atoms with Crippen LogP contribution in [0.2, 0.25) is 0 Å². The van der Waals surface area contributed by atoms with E-state index in [0.29, 0.717) is 12.0 Å². The molecule has 136 valence electrons. The molecule has 0 N–H and O–H groups in total. The molecule has 27 heavy (non-hydrogen) atoms. The van der Waals surface area contributed by atoms with E-state index in [1.54, 1.807) is 18.2 Å². The summed E-state index contributed by atoms with van der Waals surface area (Å²) < 4.78 is 32.1. The fourth-order valence-electron chi connectivity index (χ4n) is 3.27. The molecular weight excluding hydrogens is 346 g/mol. The molecule has 0 radical (unpaired) electrons. The van der Waals surface area contributed by atoms with Crippen LogP contribution in [0.15, 0.2) is 72.9 Å². The highest BCUT2D eigenvalue weighted by molar-refractivity contribution is 5.65. The molecule has 0 aliphatic carbocycles. The number of halogens is 2. The van der Waals surface area contributed by atoms with Gasteiger partial charge in [0.1, 0.15) is 11.4 Å². The predicted molar refractivity (Wildman–Crippen MR) is 101 cm³/mol. The molecule has 0 aliphatic heterocycles. The van der Waals surface area contributed by atoms with E-state index in [2.05, 4.69) is 21.9 Å². The lowest BCUT2D eigenvalue weighted by Crippen LogP contribution is -2.05. The summed E-state index contributed by atoms with van der Waals surface area (Å²) in [5.74, 6) is 0.195. The molecule has 4 aromatic rings. The fourth-order valence-corrected chi connectivity index (χ4v) is 3.27. The number of fused-ring (bicyclic) bond motifs is 1. The lowest BCUT2D eigenvalue weighted by molar-refractivity contribution is -0.0503. The van der Waals surface area contributed by atoms with Crippen molar-refractivity contribution in [2.24, 2.45) is 0 Å². The number of alkyl halides is 2. The third kappa shape index (κ3) is 3.53. The van der Waals surface area contributed by atoms with Crippen molar-refractivity contribution >= 4 is 5.65 Å². The van der Waals surface area contributed by atoms with Gasteiger partial charge in [-0.05, 0) is 36.2 Å². The Morgan fingerprint density at radius 1 is 0.926 bits per heavy atom. The second-order valence-electron chi connectivity index (χ2n) is 6.32. The van der Waals surface area contributed by atoms with Gasteiger partial charge in [-0.1, -0.05) is 48.5 Å². The van der Waals surface area contributed by atoms with Crippen LogP contribution in [-0.2, 0) is 6.42 Å². The number of benzene rings is 2. The van der Waals surface area contributed by atoms with Crippen molar-refractivity contribution in [3.05, 3.63) is 89.9 Å². The molecule has 0 spiro atoms. The minimum Gasteiger partial charge on any atom is -0.435 e. The Kier molecular flexibility index (Phi) is 4.59. The van der Waals surface area contributed by atoms with Crippen LogP contribution in [0.3, 0.4) is 0 Å². The smallest absolute Gasteiger partial charge is 0.387 e. The number of nitrogens with zero attached hydrogens (tertiary/aromatic N) is 2. The summed E-state index contributed by atoms with van der Waals surface area (Å²) in [5.41, 5.74) is 5.53. The zero-order valence-corrected chi connectivity index (χ0v) is 14.8. The van der Waals surface area contributed by atoms with Crippen molar-refractivity contribution < 1.29 is 13.5 Å². The van der Waals surface area contributed by atoms with Gasteiger partial charge in [0, 0.05) is 23.9 Å². The number of hydrogen-bond donors (Lipinski definition) is 0. The van der Waals surface area contributed by atoms with Crippen LogP contribution in [-0.4, -0.2) is 16.0 Å². The third-order valence-electron chi connectivity index (χ3n) is 4.57. The van der Waals surface area contributed by atoms with Crippen LogP contribution in [0.25, 0.3) is 16.8 Å². The van der Waals surface area contributed by atoms with E-state index in [1.165, 1.54) is 0 Å². The maximum Gasteiger partial charge on any atom is 0.387 e. The van der Waals surface area contributed by atoms with Crippen molar-refractivity contribution in [2.75, 3.05) is 0 Å². The van der Waals surface area contributed by atoms with Gasteiger partial charge in [0.15, 0.2) is 0 Å². The standard InChI is InChI=1S/C22H18F2N2O/c1-15-19(13-17-9-5-6-10-20(17)27-22(23)24)26-14-18(11-12-21(26)25-15)16-7-3-2-4-8-16/h2-12,14,22H,13H2,1H3. The molecule has 2 aromatic carbocycles. The van der Waals surface area contributed by atoms with Crippen molar-refractivity contribution in [1.29, 1.82) is 0 Å². The van der Waals surface area contributed by atoms with E-state index in [4.69, 9.17) is 0 Å². The topological polar surface area (TPSA) is 26.5 Å². The Balaban J connectivity index is 1.77. The molecule has 0 atom stereocenters. The van der Waals surface area contributed by atoms with Crippen molar-refractivity contribution in [3.8, 4) is 16.9 Å². The number of para-hydroxylation sites is 1. The van der Waals surface area contributed by atoms with Crippen LogP contribution in [0.4, 0.5) is 8.78 Å². The Hall–Kier alpha value is -3.21. The molecule has 2 aromatic heterocycles. The summed E-state index contributed by atoms with van der Waals surface area (Å²) in [6, 6.07) is 21.0. The molecule has 4 rings (SSSR count).